The van der Waals surface area contributed by atoms with Gasteiger partial charge in [-0.1, -0.05) is 0 Å². The minimum Gasteiger partial charge on any atom is -0.456 e. The van der Waals surface area contributed by atoms with Gasteiger partial charge in [0.25, 0.3) is 5.91 Å². The van der Waals surface area contributed by atoms with Gasteiger partial charge in [-0.15, -0.1) is 12.4 Å². The first-order chi connectivity index (χ1) is 8.15. The Morgan fingerprint density at radius 3 is 2.78 bits per heavy atom. The molecule has 4 nitrogen and oxygen atoms in total. The van der Waals surface area contributed by atoms with Crippen molar-refractivity contribution in [2.75, 3.05) is 13.1 Å². The summed E-state index contributed by atoms with van der Waals surface area (Å²) >= 11 is 0. The zero-order valence-electron chi connectivity index (χ0n) is 10.5. The number of likely N-dealkylation sites (tertiary alicyclic amines) is 1. The molecule has 0 spiro atoms. The average Bonchev–Trinajstić information content (AvgIpc) is 2.96. The number of carbonyl (C=O) groups is 1. The maximum absolute atomic E-state index is 12.2. The normalized spacial score (nSPS) is 30.1. The largest absolute Gasteiger partial charge is 0.456 e. The van der Waals surface area contributed by atoms with Crippen molar-refractivity contribution in [2.24, 2.45) is 17.6 Å². The van der Waals surface area contributed by atoms with E-state index >= 15 is 0 Å². The quantitative estimate of drug-likeness (QED) is 0.847. The van der Waals surface area contributed by atoms with Gasteiger partial charge in [0, 0.05) is 19.1 Å². The van der Waals surface area contributed by atoms with Crippen LogP contribution in [0.5, 0.6) is 0 Å². The minimum absolute atomic E-state index is 0. The summed E-state index contributed by atoms with van der Waals surface area (Å²) in [6.45, 7) is 3.49. The van der Waals surface area contributed by atoms with E-state index in [0.717, 1.165) is 31.7 Å². The Morgan fingerprint density at radius 2 is 2.17 bits per heavy atom. The molecule has 18 heavy (non-hydrogen) atoms. The molecule has 3 rings (SSSR count). The second-order valence-electron chi connectivity index (χ2n) is 5.29. The van der Waals surface area contributed by atoms with Crippen molar-refractivity contribution < 1.29 is 9.21 Å². The van der Waals surface area contributed by atoms with Crippen LogP contribution in [-0.2, 0) is 0 Å². The first-order valence-corrected chi connectivity index (χ1v) is 6.26. The van der Waals surface area contributed by atoms with E-state index < -0.39 is 0 Å². The number of fused-ring (bicyclic) bond motifs is 1. The Labute approximate surface area is 113 Å². The van der Waals surface area contributed by atoms with E-state index in [9.17, 15) is 4.79 Å². The maximum atomic E-state index is 12.2. The van der Waals surface area contributed by atoms with E-state index in [1.54, 1.807) is 6.07 Å². The lowest BCUT2D eigenvalue weighted by Crippen LogP contribution is -2.33. The summed E-state index contributed by atoms with van der Waals surface area (Å²) in [6, 6.07) is 3.86. The van der Waals surface area contributed by atoms with Crippen LogP contribution in [0, 0.1) is 18.8 Å². The fraction of sp³-hybridized carbons (Fsp3) is 0.615. The highest BCUT2D eigenvalue weighted by Crippen LogP contribution is 2.37. The van der Waals surface area contributed by atoms with E-state index in [0.29, 0.717) is 17.6 Å². The standard InChI is InChI=1S/C13H18N2O2.ClH/c1-8-2-5-12(17-8)13(16)15-6-9-3-4-11(14)10(9)7-15;/h2,5,9-11H,3-4,6-7,14H2,1H3;1H. The zero-order valence-corrected chi connectivity index (χ0v) is 11.3. The topological polar surface area (TPSA) is 59.5 Å². The third kappa shape index (κ3) is 2.15. The summed E-state index contributed by atoms with van der Waals surface area (Å²) in [5.41, 5.74) is 6.06. The van der Waals surface area contributed by atoms with Gasteiger partial charge in [0.15, 0.2) is 5.76 Å². The fourth-order valence-corrected chi connectivity index (χ4v) is 3.18. The van der Waals surface area contributed by atoms with Crippen molar-refractivity contribution in [2.45, 2.75) is 25.8 Å². The number of aryl methyl sites for hydroxylation is 1. The van der Waals surface area contributed by atoms with Gasteiger partial charge in [-0.3, -0.25) is 4.79 Å². The number of amides is 1. The number of hydrogen-bond donors (Lipinski definition) is 1. The van der Waals surface area contributed by atoms with Crippen LogP contribution in [0.15, 0.2) is 16.5 Å². The van der Waals surface area contributed by atoms with E-state index in [1.807, 2.05) is 17.9 Å². The van der Waals surface area contributed by atoms with Gasteiger partial charge in [0.1, 0.15) is 5.76 Å². The zero-order chi connectivity index (χ0) is 12.0. The minimum atomic E-state index is 0. The first-order valence-electron chi connectivity index (χ1n) is 6.26. The molecule has 1 aromatic heterocycles. The van der Waals surface area contributed by atoms with Gasteiger partial charge in [0.05, 0.1) is 0 Å². The van der Waals surface area contributed by atoms with Crippen LogP contribution in [0.25, 0.3) is 0 Å². The predicted molar refractivity (Wildman–Crippen MR) is 70.8 cm³/mol. The SMILES string of the molecule is Cc1ccc(C(=O)N2CC3CCC(N)C3C2)o1.Cl. The monoisotopic (exact) mass is 270 g/mol. The first kappa shape index (κ1) is 13.4. The molecule has 3 atom stereocenters. The summed E-state index contributed by atoms with van der Waals surface area (Å²) in [5.74, 6) is 2.35. The Hall–Kier alpha value is -1.00. The molecule has 2 aliphatic rings. The number of rotatable bonds is 1. The lowest BCUT2D eigenvalue weighted by molar-refractivity contribution is 0.0746. The van der Waals surface area contributed by atoms with E-state index in [2.05, 4.69) is 0 Å². The smallest absolute Gasteiger partial charge is 0.289 e. The molecule has 0 radical (unpaired) electrons. The lowest BCUT2D eigenvalue weighted by Gasteiger charge is -2.17. The molecule has 1 aromatic rings. The summed E-state index contributed by atoms with van der Waals surface area (Å²) in [7, 11) is 0. The van der Waals surface area contributed by atoms with Crippen LogP contribution in [0.3, 0.4) is 0 Å². The number of carbonyl (C=O) groups excluding carboxylic acids is 1. The highest BCUT2D eigenvalue weighted by molar-refractivity contribution is 5.91. The van der Waals surface area contributed by atoms with Gasteiger partial charge in [0.2, 0.25) is 0 Å². The van der Waals surface area contributed by atoms with Crippen molar-refractivity contribution in [3.8, 4) is 0 Å². The summed E-state index contributed by atoms with van der Waals surface area (Å²) in [6.07, 6.45) is 2.27. The van der Waals surface area contributed by atoms with E-state index in [1.165, 1.54) is 0 Å². The molecule has 1 saturated carbocycles. The van der Waals surface area contributed by atoms with Gasteiger partial charge in [-0.2, -0.15) is 0 Å². The van der Waals surface area contributed by atoms with E-state index in [4.69, 9.17) is 10.2 Å². The molecular weight excluding hydrogens is 252 g/mol. The Kier molecular flexibility index (Phi) is 3.69. The summed E-state index contributed by atoms with van der Waals surface area (Å²) in [5, 5.41) is 0. The third-order valence-corrected chi connectivity index (χ3v) is 4.15. The van der Waals surface area contributed by atoms with Crippen LogP contribution >= 0.6 is 12.4 Å². The Balaban J connectivity index is 0.00000120. The molecule has 1 saturated heterocycles. The van der Waals surface area contributed by atoms with Crippen molar-refractivity contribution in [1.82, 2.24) is 4.90 Å². The predicted octanol–water partition coefficient (Wildman–Crippen LogP) is 1.82. The van der Waals surface area contributed by atoms with Crippen molar-refractivity contribution in [1.29, 1.82) is 0 Å². The third-order valence-electron chi connectivity index (χ3n) is 4.15. The number of halogens is 1. The van der Waals surface area contributed by atoms with Crippen molar-refractivity contribution in [3.05, 3.63) is 23.7 Å². The summed E-state index contributed by atoms with van der Waals surface area (Å²) in [4.78, 5) is 14.1. The van der Waals surface area contributed by atoms with Gasteiger partial charge < -0.3 is 15.1 Å². The van der Waals surface area contributed by atoms with Crippen LogP contribution in [0.4, 0.5) is 0 Å². The summed E-state index contributed by atoms with van der Waals surface area (Å²) < 4.78 is 5.38. The maximum Gasteiger partial charge on any atom is 0.289 e. The van der Waals surface area contributed by atoms with Crippen LogP contribution < -0.4 is 5.73 Å². The molecule has 3 unspecified atom stereocenters. The van der Waals surface area contributed by atoms with Crippen LogP contribution in [0.1, 0.15) is 29.2 Å². The molecule has 1 amide bonds. The van der Waals surface area contributed by atoms with E-state index in [-0.39, 0.29) is 24.4 Å². The van der Waals surface area contributed by atoms with Crippen molar-refractivity contribution >= 4 is 18.3 Å². The molecule has 2 heterocycles. The van der Waals surface area contributed by atoms with Gasteiger partial charge >= 0.3 is 0 Å². The number of nitrogens with two attached hydrogens (primary N) is 1. The molecule has 0 bridgehead atoms. The second kappa shape index (κ2) is 4.94. The number of nitrogens with zero attached hydrogens (tertiary/aromatic N) is 1. The second-order valence-corrected chi connectivity index (χ2v) is 5.29. The van der Waals surface area contributed by atoms with Gasteiger partial charge in [-0.25, -0.2) is 0 Å². The molecule has 5 heteroatoms. The van der Waals surface area contributed by atoms with Gasteiger partial charge in [-0.05, 0) is 43.7 Å². The molecule has 1 aliphatic carbocycles. The number of hydrogen-bond acceptors (Lipinski definition) is 3. The highest BCUT2D eigenvalue weighted by Gasteiger charge is 2.42. The number of furan rings is 1. The average molecular weight is 271 g/mol. The van der Waals surface area contributed by atoms with Crippen LogP contribution in [0.2, 0.25) is 0 Å². The fourth-order valence-electron chi connectivity index (χ4n) is 3.18. The van der Waals surface area contributed by atoms with Crippen molar-refractivity contribution in [3.63, 3.8) is 0 Å². The lowest BCUT2D eigenvalue weighted by atomic mass is 9.98. The Morgan fingerprint density at radius 1 is 1.39 bits per heavy atom. The van der Waals surface area contributed by atoms with Crippen LogP contribution in [-0.4, -0.2) is 29.9 Å². The molecule has 2 N–H and O–H groups in total. The Bertz CT molecular complexity index is 446. The highest BCUT2D eigenvalue weighted by atomic mass is 35.5. The molecule has 1 aliphatic heterocycles. The molecule has 0 aromatic carbocycles. The molecule has 2 fully saturated rings. The molecular formula is C13H19ClN2O2. The molecule has 100 valence electrons.